The molecule has 32 heavy (non-hydrogen) atoms. The fraction of sp³-hybridized carbons (Fsp3) is 0.652. The molecule has 8 nitrogen and oxygen atoms in total. The molecular weight excluding hydrogens is 428 g/mol. The highest BCUT2D eigenvalue weighted by Gasteiger charge is 2.30. The second-order valence-electron chi connectivity index (χ2n) is 9.70. The lowest BCUT2D eigenvalue weighted by Crippen LogP contribution is -2.47. The standard InChI is InChI=1S/C23H32N4O4S/c1-23(2,3)31-21(29)25-15-6-8-16(9-7-15)27-20(28)18-5-4-12-24-19(18)26(22(27)30)17-10-13-32-14-11-17/h4-5,12,15-17H,6-11,13-14H2,1-3H3,(H,25,29). The molecule has 2 aliphatic rings. The van der Waals surface area contributed by atoms with Gasteiger partial charge in [-0.05, 0) is 82.9 Å². The molecule has 1 saturated carbocycles. The van der Waals surface area contributed by atoms with Crippen molar-refractivity contribution < 1.29 is 9.53 Å². The molecule has 1 amide bonds. The number of pyridine rings is 1. The Hall–Kier alpha value is -2.29. The quantitative estimate of drug-likeness (QED) is 0.752. The van der Waals surface area contributed by atoms with Crippen molar-refractivity contribution in [2.45, 2.75) is 83.0 Å². The lowest BCUT2D eigenvalue weighted by Gasteiger charge is -2.32. The van der Waals surface area contributed by atoms with Crippen LogP contribution in [0.2, 0.25) is 0 Å². The van der Waals surface area contributed by atoms with Gasteiger partial charge in [0.1, 0.15) is 11.2 Å². The maximum atomic E-state index is 13.6. The van der Waals surface area contributed by atoms with Crippen LogP contribution in [-0.4, -0.2) is 43.4 Å². The number of thioether (sulfide) groups is 1. The van der Waals surface area contributed by atoms with Crippen molar-refractivity contribution in [1.29, 1.82) is 0 Å². The van der Waals surface area contributed by atoms with Gasteiger partial charge >= 0.3 is 11.8 Å². The first kappa shape index (κ1) is 22.9. The molecule has 1 aliphatic carbocycles. The smallest absolute Gasteiger partial charge is 0.407 e. The molecule has 0 spiro atoms. The molecule has 1 saturated heterocycles. The molecule has 1 N–H and O–H groups in total. The van der Waals surface area contributed by atoms with Crippen LogP contribution in [0.15, 0.2) is 27.9 Å². The van der Waals surface area contributed by atoms with Gasteiger partial charge in [0.25, 0.3) is 5.56 Å². The number of alkyl carbamates (subject to hydrolysis) is 1. The van der Waals surface area contributed by atoms with E-state index in [2.05, 4.69) is 10.3 Å². The predicted molar refractivity (Wildman–Crippen MR) is 127 cm³/mol. The maximum absolute atomic E-state index is 13.6. The van der Waals surface area contributed by atoms with Gasteiger partial charge in [0.05, 0.1) is 5.39 Å². The first-order chi connectivity index (χ1) is 15.2. The van der Waals surface area contributed by atoms with Crippen LogP contribution in [0.3, 0.4) is 0 Å². The van der Waals surface area contributed by atoms with Gasteiger partial charge < -0.3 is 10.1 Å². The van der Waals surface area contributed by atoms with E-state index in [0.29, 0.717) is 36.7 Å². The van der Waals surface area contributed by atoms with Gasteiger partial charge in [0, 0.05) is 24.3 Å². The second kappa shape index (κ2) is 9.29. The van der Waals surface area contributed by atoms with E-state index < -0.39 is 11.7 Å². The summed E-state index contributed by atoms with van der Waals surface area (Å²) in [6.07, 6.45) is 5.73. The first-order valence-electron chi connectivity index (χ1n) is 11.4. The zero-order valence-electron chi connectivity index (χ0n) is 19.0. The summed E-state index contributed by atoms with van der Waals surface area (Å²) in [4.78, 5) is 43.4. The zero-order chi connectivity index (χ0) is 22.9. The van der Waals surface area contributed by atoms with E-state index in [1.54, 1.807) is 22.9 Å². The van der Waals surface area contributed by atoms with Crippen LogP contribution in [0.4, 0.5) is 4.79 Å². The van der Waals surface area contributed by atoms with E-state index in [1.165, 1.54) is 4.57 Å². The number of hydrogen-bond donors (Lipinski definition) is 1. The van der Waals surface area contributed by atoms with Crippen molar-refractivity contribution in [1.82, 2.24) is 19.4 Å². The number of carbonyl (C=O) groups excluding carboxylic acids is 1. The Labute approximate surface area is 191 Å². The Balaban J connectivity index is 1.59. The number of carbonyl (C=O) groups is 1. The fourth-order valence-corrected chi connectivity index (χ4v) is 5.81. The number of amides is 1. The van der Waals surface area contributed by atoms with Crippen molar-refractivity contribution >= 4 is 28.9 Å². The lowest BCUT2D eigenvalue weighted by molar-refractivity contribution is 0.0487. The number of nitrogens with zero attached hydrogens (tertiary/aromatic N) is 3. The van der Waals surface area contributed by atoms with Gasteiger partial charge in [-0.15, -0.1) is 0 Å². The Bertz CT molecular complexity index is 1090. The van der Waals surface area contributed by atoms with E-state index in [9.17, 15) is 14.4 Å². The van der Waals surface area contributed by atoms with Crippen LogP contribution in [0.5, 0.6) is 0 Å². The number of hydrogen-bond acceptors (Lipinski definition) is 6. The molecule has 4 rings (SSSR count). The maximum Gasteiger partial charge on any atom is 0.407 e. The minimum absolute atomic E-state index is 0.0171. The Morgan fingerprint density at radius 1 is 1.06 bits per heavy atom. The average molecular weight is 461 g/mol. The van der Waals surface area contributed by atoms with E-state index in [0.717, 1.165) is 24.3 Å². The van der Waals surface area contributed by atoms with Gasteiger partial charge in [0.2, 0.25) is 0 Å². The summed E-state index contributed by atoms with van der Waals surface area (Å²) in [5, 5.41) is 3.42. The highest BCUT2D eigenvalue weighted by Crippen LogP contribution is 2.30. The third-order valence-corrected chi connectivity index (χ3v) is 7.26. The number of fused-ring (bicyclic) bond motifs is 1. The van der Waals surface area contributed by atoms with E-state index in [4.69, 9.17) is 4.74 Å². The van der Waals surface area contributed by atoms with Gasteiger partial charge in [0.15, 0.2) is 0 Å². The Morgan fingerprint density at radius 2 is 1.72 bits per heavy atom. The first-order valence-corrected chi connectivity index (χ1v) is 12.6. The lowest BCUT2D eigenvalue weighted by atomic mass is 9.91. The highest BCUT2D eigenvalue weighted by molar-refractivity contribution is 7.99. The normalized spacial score (nSPS) is 22.6. The van der Waals surface area contributed by atoms with Crippen LogP contribution in [0.25, 0.3) is 11.0 Å². The molecular formula is C23H32N4O4S. The third-order valence-electron chi connectivity index (χ3n) is 6.21. The number of nitrogens with one attached hydrogen (secondary N) is 1. The minimum Gasteiger partial charge on any atom is -0.444 e. The van der Waals surface area contributed by atoms with Gasteiger partial charge in [-0.2, -0.15) is 11.8 Å². The van der Waals surface area contributed by atoms with Crippen LogP contribution >= 0.6 is 11.8 Å². The molecule has 0 unspecified atom stereocenters. The monoisotopic (exact) mass is 460 g/mol. The summed E-state index contributed by atoms with van der Waals surface area (Å²) in [5.74, 6) is 2.01. The van der Waals surface area contributed by atoms with E-state index in [1.807, 2.05) is 32.5 Å². The zero-order valence-corrected chi connectivity index (χ0v) is 19.8. The van der Waals surface area contributed by atoms with Crippen molar-refractivity contribution in [2.75, 3.05) is 11.5 Å². The largest absolute Gasteiger partial charge is 0.444 e. The van der Waals surface area contributed by atoms with Gasteiger partial charge in [-0.3, -0.25) is 13.9 Å². The van der Waals surface area contributed by atoms with Crippen molar-refractivity contribution in [2.24, 2.45) is 0 Å². The predicted octanol–water partition coefficient (Wildman–Crippen LogP) is 3.63. The molecule has 0 bridgehead atoms. The summed E-state index contributed by atoms with van der Waals surface area (Å²) in [6, 6.07) is 3.39. The minimum atomic E-state index is -0.545. The van der Waals surface area contributed by atoms with Crippen molar-refractivity contribution in [3.8, 4) is 0 Å². The molecule has 2 aromatic rings. The molecule has 9 heteroatoms. The van der Waals surface area contributed by atoms with Crippen LogP contribution in [0.1, 0.15) is 71.4 Å². The summed E-state index contributed by atoms with van der Waals surface area (Å²) in [5.41, 5.74) is -0.558. The second-order valence-corrected chi connectivity index (χ2v) is 10.9. The number of aromatic nitrogens is 3. The Morgan fingerprint density at radius 3 is 2.38 bits per heavy atom. The summed E-state index contributed by atoms with van der Waals surface area (Å²) >= 11 is 1.90. The van der Waals surface area contributed by atoms with Gasteiger partial charge in [-0.25, -0.2) is 14.6 Å². The van der Waals surface area contributed by atoms with E-state index >= 15 is 0 Å². The van der Waals surface area contributed by atoms with Crippen LogP contribution in [0, 0.1) is 0 Å². The summed E-state index contributed by atoms with van der Waals surface area (Å²) < 4.78 is 8.57. The van der Waals surface area contributed by atoms with Crippen molar-refractivity contribution in [3.05, 3.63) is 39.2 Å². The van der Waals surface area contributed by atoms with E-state index in [-0.39, 0.29) is 29.4 Å². The number of rotatable bonds is 3. The topological polar surface area (TPSA) is 95.2 Å². The van der Waals surface area contributed by atoms with Gasteiger partial charge in [-0.1, -0.05) is 0 Å². The summed E-state index contributed by atoms with van der Waals surface area (Å²) in [6.45, 7) is 5.50. The fourth-order valence-electron chi connectivity index (χ4n) is 4.73. The SMILES string of the molecule is CC(C)(C)OC(=O)NC1CCC(n2c(=O)c3cccnc3n(C3CCSCC3)c2=O)CC1. The highest BCUT2D eigenvalue weighted by atomic mass is 32.2. The average Bonchev–Trinajstić information content (AvgIpc) is 2.74. The molecule has 1 aliphatic heterocycles. The molecule has 174 valence electrons. The molecule has 2 aromatic heterocycles. The molecule has 0 aromatic carbocycles. The Kier molecular flexibility index (Phi) is 6.65. The van der Waals surface area contributed by atoms with Crippen molar-refractivity contribution in [3.63, 3.8) is 0 Å². The molecule has 0 atom stereocenters. The molecule has 2 fully saturated rings. The third kappa shape index (κ3) is 4.87. The molecule has 3 heterocycles. The van der Waals surface area contributed by atoms with Crippen LogP contribution < -0.4 is 16.6 Å². The number of ether oxygens (including phenoxy) is 1. The summed E-state index contributed by atoms with van der Waals surface area (Å²) in [7, 11) is 0. The molecule has 0 radical (unpaired) electrons. The van der Waals surface area contributed by atoms with Crippen LogP contribution in [-0.2, 0) is 4.74 Å².